The van der Waals surface area contributed by atoms with E-state index in [9.17, 15) is 19.5 Å². The van der Waals surface area contributed by atoms with Crippen LogP contribution in [0.5, 0.6) is 0 Å². The number of nitrogens with zero attached hydrogens (tertiary/aromatic N) is 5. The minimum absolute atomic E-state index is 0.0123. The third kappa shape index (κ3) is 5.43. The van der Waals surface area contributed by atoms with E-state index in [4.69, 9.17) is 10.6 Å². The smallest absolute Gasteiger partial charge is 0.333 e. The van der Waals surface area contributed by atoms with Crippen molar-refractivity contribution < 1.29 is 28.9 Å². The van der Waals surface area contributed by atoms with E-state index in [0.29, 0.717) is 17.1 Å². The number of carbonyl (C=O) groups is 3. The molecule has 16 heteroatoms. The van der Waals surface area contributed by atoms with Crippen molar-refractivity contribution in [3.05, 3.63) is 57.3 Å². The largest absolute Gasteiger partial charge is 0.543 e. The molecule has 0 radical (unpaired) electrons. The first-order chi connectivity index (χ1) is 20.4. The highest BCUT2D eigenvalue weighted by molar-refractivity contribution is 8.19. The van der Waals surface area contributed by atoms with Gasteiger partial charge in [0.25, 0.3) is 11.8 Å². The third-order valence-corrected chi connectivity index (χ3v) is 11.5. The zero-order valence-electron chi connectivity index (χ0n) is 22.2. The van der Waals surface area contributed by atoms with Crippen LogP contribution < -0.4 is 20.7 Å². The van der Waals surface area contributed by atoms with Crippen LogP contribution in [-0.2, 0) is 32.1 Å². The Morgan fingerprint density at radius 3 is 2.95 bits per heavy atom. The van der Waals surface area contributed by atoms with Crippen LogP contribution in [0, 0.1) is 0 Å². The highest BCUT2D eigenvalue weighted by atomic mass is 32.2. The summed E-state index contributed by atoms with van der Waals surface area (Å²) in [6, 6.07) is 3.27. The number of carbonyl (C=O) groups excluding carboxylic acids is 3. The number of carboxylic acid groups (broad SMARTS) is 1. The molecule has 1 aliphatic carbocycles. The van der Waals surface area contributed by atoms with E-state index < -0.39 is 29.2 Å². The van der Waals surface area contributed by atoms with E-state index in [-0.39, 0.29) is 26.8 Å². The van der Waals surface area contributed by atoms with Crippen LogP contribution in [0.1, 0.15) is 23.4 Å². The molecule has 3 aliphatic heterocycles. The van der Waals surface area contributed by atoms with Crippen LogP contribution in [0.2, 0.25) is 0 Å². The summed E-state index contributed by atoms with van der Waals surface area (Å²) >= 11 is 5.67. The molecule has 12 nitrogen and oxygen atoms in total. The van der Waals surface area contributed by atoms with E-state index in [1.165, 1.54) is 35.0 Å². The quantitative estimate of drug-likeness (QED) is 0.171. The van der Waals surface area contributed by atoms with Crippen LogP contribution in [0.4, 0.5) is 5.13 Å². The Balaban J connectivity index is 1.10. The Labute approximate surface area is 257 Å². The zero-order chi connectivity index (χ0) is 29.4. The number of β-lactam (4-membered cyclic amide) rings is 1. The van der Waals surface area contributed by atoms with Crippen LogP contribution in [0.15, 0.2) is 50.5 Å². The van der Waals surface area contributed by atoms with Gasteiger partial charge < -0.3 is 25.8 Å². The molecule has 218 valence electrons. The van der Waals surface area contributed by atoms with Crippen molar-refractivity contribution in [3.63, 3.8) is 0 Å². The van der Waals surface area contributed by atoms with Gasteiger partial charge in [-0.2, -0.15) is 4.57 Å². The second-order valence-corrected chi connectivity index (χ2v) is 14.0. The Morgan fingerprint density at radius 1 is 1.38 bits per heavy atom. The first kappa shape index (κ1) is 28.8. The second-order valence-electron chi connectivity index (χ2n) is 9.57. The second kappa shape index (κ2) is 12.1. The minimum Gasteiger partial charge on any atom is -0.543 e. The van der Waals surface area contributed by atoms with Crippen LogP contribution in [0.3, 0.4) is 0 Å². The van der Waals surface area contributed by atoms with Crippen LogP contribution in [0.25, 0.3) is 5.82 Å². The predicted octanol–water partition coefficient (Wildman–Crippen LogP) is 0.589. The van der Waals surface area contributed by atoms with Crippen LogP contribution in [-0.4, -0.2) is 74.2 Å². The molecule has 1 saturated heterocycles. The average molecular weight is 644 g/mol. The molecular weight excluding hydrogens is 619 g/mol. The first-order valence-corrected chi connectivity index (χ1v) is 16.8. The van der Waals surface area contributed by atoms with E-state index in [2.05, 4.69) is 31.1 Å². The summed E-state index contributed by atoms with van der Waals surface area (Å²) < 4.78 is 2.13. The number of amides is 2. The van der Waals surface area contributed by atoms with Gasteiger partial charge in [-0.15, -0.1) is 46.6 Å². The number of rotatable bonds is 9. The van der Waals surface area contributed by atoms with Crippen molar-refractivity contribution in [2.45, 2.75) is 35.3 Å². The van der Waals surface area contributed by atoms with E-state index in [1.54, 1.807) is 28.9 Å². The molecule has 2 aromatic heterocycles. The lowest BCUT2D eigenvalue weighted by atomic mass is 10.0. The number of aliphatic imine (C=N–C) groups is 1. The Hall–Kier alpha value is -3.34. The molecule has 2 unspecified atom stereocenters. The highest BCUT2D eigenvalue weighted by Gasteiger charge is 2.53. The fourth-order valence-electron chi connectivity index (χ4n) is 5.15. The number of fused-ring (bicyclic) bond motifs is 2. The maximum absolute atomic E-state index is 13.1. The summed E-state index contributed by atoms with van der Waals surface area (Å²) in [5, 5.41) is 21.8. The Bertz CT molecular complexity index is 1590. The Morgan fingerprint density at radius 2 is 2.24 bits per heavy atom. The van der Waals surface area contributed by atoms with Crippen molar-refractivity contribution in [1.29, 1.82) is 0 Å². The van der Waals surface area contributed by atoms with Gasteiger partial charge in [-0.05, 0) is 30.0 Å². The lowest BCUT2D eigenvalue weighted by Crippen LogP contribution is -2.71. The number of hydrogen-bond acceptors (Lipinski definition) is 13. The number of oxime groups is 1. The minimum atomic E-state index is -1.42. The number of nitrogens with two attached hydrogens (primary N) is 1. The normalized spacial score (nSPS) is 23.2. The van der Waals surface area contributed by atoms with Gasteiger partial charge in [-0.1, -0.05) is 16.2 Å². The molecule has 0 bridgehead atoms. The van der Waals surface area contributed by atoms with Crippen molar-refractivity contribution >= 4 is 87.3 Å². The number of anilines is 1. The van der Waals surface area contributed by atoms with Crippen molar-refractivity contribution in [1.82, 2.24) is 15.2 Å². The van der Waals surface area contributed by atoms with Crippen molar-refractivity contribution in [2.24, 2.45) is 10.1 Å². The van der Waals surface area contributed by atoms with Crippen molar-refractivity contribution in [2.75, 3.05) is 24.3 Å². The number of hydrogen-bond donors (Lipinski definition) is 2. The number of carboxylic acids is 1. The van der Waals surface area contributed by atoms with Gasteiger partial charge in [0.1, 0.15) is 40.7 Å². The summed E-state index contributed by atoms with van der Waals surface area (Å²) in [6.45, 7) is 0. The lowest BCUT2D eigenvalue weighted by molar-refractivity contribution is -0.590. The van der Waals surface area contributed by atoms with Gasteiger partial charge >= 0.3 is 5.82 Å². The van der Waals surface area contributed by atoms with E-state index in [0.717, 1.165) is 36.4 Å². The number of thioether (sulfide) groups is 3. The molecule has 42 heavy (non-hydrogen) atoms. The van der Waals surface area contributed by atoms with Gasteiger partial charge in [0, 0.05) is 23.3 Å². The van der Waals surface area contributed by atoms with Gasteiger partial charge in [0.15, 0.2) is 10.8 Å². The van der Waals surface area contributed by atoms with Crippen LogP contribution >= 0.6 is 46.6 Å². The zero-order valence-corrected chi connectivity index (χ0v) is 25.5. The van der Waals surface area contributed by atoms with Gasteiger partial charge in [0.05, 0.1) is 23.3 Å². The molecule has 3 N–H and O–H groups in total. The highest BCUT2D eigenvalue weighted by Crippen LogP contribution is 2.42. The molecular formula is C26H25N7O5S4. The monoisotopic (exact) mass is 643 g/mol. The van der Waals surface area contributed by atoms with E-state index >= 15 is 0 Å². The maximum Gasteiger partial charge on any atom is 0.333 e. The summed E-state index contributed by atoms with van der Waals surface area (Å²) in [4.78, 5) is 53.0. The molecule has 2 aromatic rings. The number of aliphatic carboxylic acids is 1. The molecule has 3 atom stereocenters. The number of thiazole rings is 1. The molecule has 6 rings (SSSR count). The number of nitrogens with one attached hydrogen (secondary N) is 1. The first-order valence-electron chi connectivity index (χ1n) is 12.9. The molecule has 0 saturated carbocycles. The topological polar surface area (TPSA) is 166 Å². The molecule has 0 spiro atoms. The summed E-state index contributed by atoms with van der Waals surface area (Å²) in [5.41, 5.74) is 8.87. The van der Waals surface area contributed by atoms with Gasteiger partial charge in [-0.25, -0.2) is 4.98 Å². The fraction of sp³-hybridized carbons (Fsp3) is 0.346. The van der Waals surface area contributed by atoms with Gasteiger partial charge in [0.2, 0.25) is 0 Å². The molecule has 4 aliphatic rings. The number of aryl methyl sites for hydroxylation is 1. The fourth-order valence-corrected chi connectivity index (χ4v) is 9.18. The van der Waals surface area contributed by atoms with Gasteiger partial charge in [-0.3, -0.25) is 14.5 Å². The molecule has 5 heterocycles. The summed E-state index contributed by atoms with van der Waals surface area (Å²) in [5.74, 6) is -1.00. The standard InChI is InChI=1S/C26H25N7O5S4/c1-38-31-19(15-11-42-26(27)29-15)22(34)30-20-23(35)33-21(25(36)37)14(10-41-24(20)33)9-39-18-8-28-17(12-40-18)32-7-3-5-13-4-2-6-16(13)32/h3,5,7-8,11-12,18,20,24H,2,4,6,9-10H2,1H3,(H3-,27,29,30,34,36,37)/b31-19+/t18?,20-,24?/m1/s1. The average Bonchev–Trinajstić information content (AvgIpc) is 3.66. The van der Waals surface area contributed by atoms with E-state index in [1.807, 2.05) is 23.9 Å². The summed E-state index contributed by atoms with van der Waals surface area (Å²) in [6.07, 6.45) is 7.18. The molecule has 2 amide bonds. The number of nitrogen functional groups attached to an aromatic ring is 1. The SMILES string of the molecule is CO/N=C(/C(=O)N[C@@H]1C(=O)N2C(C(=O)[O-])=C(CSC3C=NC([n+]4cccc5c4CCC5)=CS3)CSC12)c1csc(N)n1. The molecule has 0 aromatic carbocycles. The third-order valence-electron chi connectivity index (χ3n) is 7.05. The van der Waals surface area contributed by atoms with Crippen molar-refractivity contribution in [3.8, 4) is 0 Å². The molecule has 1 fully saturated rings. The summed E-state index contributed by atoms with van der Waals surface area (Å²) in [7, 11) is 1.28. The maximum atomic E-state index is 13.1. The Kier molecular flexibility index (Phi) is 8.29. The number of aromatic nitrogens is 2. The predicted molar refractivity (Wildman–Crippen MR) is 162 cm³/mol. The lowest BCUT2D eigenvalue weighted by Gasteiger charge is -2.50. The number of pyridine rings is 1.